The SMILES string of the molecule is CC(CC(=O)Nc1ccc2c(c1F)CCNC2)c1ccc(C(F)(F)F)cc1. The third-order valence-electron chi connectivity index (χ3n) is 4.78. The Balaban J connectivity index is 1.65. The van der Waals surface area contributed by atoms with Gasteiger partial charge in [-0.2, -0.15) is 13.2 Å². The first kappa shape index (κ1) is 19.4. The number of nitrogens with one attached hydrogen (secondary N) is 2. The highest BCUT2D eigenvalue weighted by Crippen LogP contribution is 2.31. The molecule has 2 aromatic carbocycles. The minimum atomic E-state index is -4.39. The van der Waals surface area contributed by atoms with Gasteiger partial charge in [-0.1, -0.05) is 25.1 Å². The molecule has 2 N–H and O–H groups in total. The molecule has 0 spiro atoms. The Labute approximate surface area is 154 Å². The Bertz CT molecular complexity index is 831. The van der Waals surface area contributed by atoms with Crippen LogP contribution in [-0.4, -0.2) is 12.5 Å². The lowest BCUT2D eigenvalue weighted by Crippen LogP contribution is -2.25. The summed E-state index contributed by atoms with van der Waals surface area (Å²) in [5.41, 5.74) is 1.53. The van der Waals surface area contributed by atoms with E-state index in [0.717, 1.165) is 17.7 Å². The number of fused-ring (bicyclic) bond motifs is 1. The van der Waals surface area contributed by atoms with Crippen molar-refractivity contribution in [3.63, 3.8) is 0 Å². The first-order chi connectivity index (χ1) is 12.8. The quantitative estimate of drug-likeness (QED) is 0.760. The Kier molecular flexibility index (Phi) is 5.51. The van der Waals surface area contributed by atoms with E-state index in [9.17, 15) is 22.4 Å². The molecular formula is C20H20F4N2O. The summed E-state index contributed by atoms with van der Waals surface area (Å²) in [5, 5.41) is 5.74. The van der Waals surface area contributed by atoms with Gasteiger partial charge >= 0.3 is 6.18 Å². The monoisotopic (exact) mass is 380 g/mol. The van der Waals surface area contributed by atoms with E-state index in [1.807, 2.05) is 0 Å². The summed E-state index contributed by atoms with van der Waals surface area (Å²) in [6, 6.07) is 8.07. The van der Waals surface area contributed by atoms with Gasteiger partial charge in [-0.3, -0.25) is 4.79 Å². The summed E-state index contributed by atoms with van der Waals surface area (Å²) in [5.74, 6) is -1.09. The Morgan fingerprint density at radius 3 is 2.56 bits per heavy atom. The molecular weight excluding hydrogens is 360 g/mol. The van der Waals surface area contributed by atoms with Crippen molar-refractivity contribution >= 4 is 11.6 Å². The highest BCUT2D eigenvalue weighted by molar-refractivity contribution is 5.91. The van der Waals surface area contributed by atoms with Crippen molar-refractivity contribution in [3.05, 3.63) is 64.5 Å². The largest absolute Gasteiger partial charge is 0.416 e. The predicted octanol–water partition coefficient (Wildman–Crippen LogP) is 4.62. The molecule has 1 amide bonds. The molecule has 3 rings (SSSR count). The Morgan fingerprint density at radius 2 is 1.89 bits per heavy atom. The third kappa shape index (κ3) is 4.47. The molecule has 7 heteroatoms. The molecule has 1 aliphatic heterocycles. The third-order valence-corrected chi connectivity index (χ3v) is 4.78. The lowest BCUT2D eigenvalue weighted by Gasteiger charge is -2.20. The van der Waals surface area contributed by atoms with Crippen molar-refractivity contribution in [2.45, 2.75) is 38.4 Å². The second-order valence-electron chi connectivity index (χ2n) is 6.76. The fraction of sp³-hybridized carbons (Fsp3) is 0.350. The standard InChI is InChI=1S/C20H20F4N2O/c1-12(13-2-5-15(6-3-13)20(22,23)24)10-18(27)26-17-7-4-14-11-25-9-8-16(14)19(17)21/h2-7,12,25H,8-11H2,1H3,(H,26,27). The summed E-state index contributed by atoms with van der Waals surface area (Å²) in [7, 11) is 0. The molecule has 0 bridgehead atoms. The molecule has 3 nitrogen and oxygen atoms in total. The van der Waals surface area contributed by atoms with Crippen LogP contribution in [0.2, 0.25) is 0 Å². The van der Waals surface area contributed by atoms with Crippen LogP contribution in [0, 0.1) is 5.82 Å². The minimum absolute atomic E-state index is 0.0451. The molecule has 0 saturated carbocycles. The van der Waals surface area contributed by atoms with E-state index in [-0.39, 0.29) is 23.9 Å². The zero-order valence-electron chi connectivity index (χ0n) is 14.8. The van der Waals surface area contributed by atoms with Crippen molar-refractivity contribution in [3.8, 4) is 0 Å². The smallest absolute Gasteiger partial charge is 0.324 e. The fourth-order valence-corrected chi connectivity index (χ4v) is 3.23. The highest BCUT2D eigenvalue weighted by Gasteiger charge is 2.30. The van der Waals surface area contributed by atoms with Gasteiger partial charge in [0, 0.05) is 13.0 Å². The molecule has 0 radical (unpaired) electrons. The molecule has 27 heavy (non-hydrogen) atoms. The van der Waals surface area contributed by atoms with Crippen molar-refractivity contribution in [1.82, 2.24) is 5.32 Å². The Morgan fingerprint density at radius 1 is 1.19 bits per heavy atom. The number of carbonyl (C=O) groups excluding carboxylic acids is 1. The van der Waals surface area contributed by atoms with E-state index in [1.165, 1.54) is 12.1 Å². The van der Waals surface area contributed by atoms with E-state index < -0.39 is 17.6 Å². The summed E-state index contributed by atoms with van der Waals surface area (Å²) >= 11 is 0. The fourth-order valence-electron chi connectivity index (χ4n) is 3.23. The van der Waals surface area contributed by atoms with Crippen molar-refractivity contribution in [1.29, 1.82) is 0 Å². The van der Waals surface area contributed by atoms with Gasteiger partial charge in [0.05, 0.1) is 11.3 Å². The number of anilines is 1. The second-order valence-corrected chi connectivity index (χ2v) is 6.76. The average Bonchev–Trinajstić information content (AvgIpc) is 2.63. The maximum absolute atomic E-state index is 14.6. The molecule has 1 atom stereocenters. The molecule has 2 aromatic rings. The van der Waals surface area contributed by atoms with Gasteiger partial charge in [0.15, 0.2) is 0 Å². The van der Waals surface area contributed by atoms with Crippen LogP contribution in [0.3, 0.4) is 0 Å². The van der Waals surface area contributed by atoms with E-state index >= 15 is 0 Å². The molecule has 1 heterocycles. The van der Waals surface area contributed by atoms with Crippen LogP contribution in [0.25, 0.3) is 0 Å². The number of hydrogen-bond donors (Lipinski definition) is 2. The summed E-state index contributed by atoms with van der Waals surface area (Å²) in [4.78, 5) is 12.3. The number of benzene rings is 2. The lowest BCUT2D eigenvalue weighted by atomic mass is 9.96. The zero-order chi connectivity index (χ0) is 19.6. The number of halogens is 4. The average molecular weight is 380 g/mol. The van der Waals surface area contributed by atoms with E-state index in [0.29, 0.717) is 30.6 Å². The van der Waals surface area contributed by atoms with Gasteiger partial charge in [-0.25, -0.2) is 4.39 Å². The van der Waals surface area contributed by atoms with E-state index in [2.05, 4.69) is 10.6 Å². The molecule has 0 fully saturated rings. The van der Waals surface area contributed by atoms with Crippen LogP contribution < -0.4 is 10.6 Å². The number of amides is 1. The summed E-state index contributed by atoms with van der Waals surface area (Å²) < 4.78 is 52.5. The number of rotatable bonds is 4. The zero-order valence-corrected chi connectivity index (χ0v) is 14.8. The van der Waals surface area contributed by atoms with E-state index in [1.54, 1.807) is 19.1 Å². The topological polar surface area (TPSA) is 41.1 Å². The molecule has 144 valence electrons. The maximum atomic E-state index is 14.6. The Hall–Kier alpha value is -2.41. The van der Waals surface area contributed by atoms with Crippen molar-refractivity contribution < 1.29 is 22.4 Å². The van der Waals surface area contributed by atoms with Crippen LogP contribution in [0.15, 0.2) is 36.4 Å². The van der Waals surface area contributed by atoms with Gasteiger partial charge in [0.25, 0.3) is 0 Å². The summed E-state index contributed by atoms with van der Waals surface area (Å²) in [6.07, 6.45) is -3.78. The lowest BCUT2D eigenvalue weighted by molar-refractivity contribution is -0.137. The minimum Gasteiger partial charge on any atom is -0.324 e. The number of hydrogen-bond acceptors (Lipinski definition) is 2. The van der Waals surface area contributed by atoms with Gasteiger partial charge in [-0.05, 0) is 53.8 Å². The van der Waals surface area contributed by atoms with Gasteiger partial charge in [-0.15, -0.1) is 0 Å². The molecule has 0 aliphatic carbocycles. The van der Waals surface area contributed by atoms with E-state index in [4.69, 9.17) is 0 Å². The van der Waals surface area contributed by atoms with Crippen LogP contribution in [0.4, 0.5) is 23.2 Å². The molecule has 0 saturated heterocycles. The van der Waals surface area contributed by atoms with Crippen molar-refractivity contribution in [2.75, 3.05) is 11.9 Å². The van der Waals surface area contributed by atoms with Gasteiger partial charge in [0.2, 0.25) is 5.91 Å². The number of alkyl halides is 3. The summed E-state index contributed by atoms with van der Waals surface area (Å²) in [6.45, 7) is 3.04. The predicted molar refractivity (Wildman–Crippen MR) is 94.9 cm³/mol. The molecule has 1 unspecified atom stereocenters. The van der Waals surface area contributed by atoms with Gasteiger partial charge in [0.1, 0.15) is 5.82 Å². The second kappa shape index (κ2) is 7.68. The molecule has 0 aromatic heterocycles. The normalized spacial score (nSPS) is 15.1. The van der Waals surface area contributed by atoms with Crippen LogP contribution in [-0.2, 0) is 23.9 Å². The first-order valence-corrected chi connectivity index (χ1v) is 8.73. The van der Waals surface area contributed by atoms with Crippen LogP contribution >= 0.6 is 0 Å². The molecule has 1 aliphatic rings. The maximum Gasteiger partial charge on any atom is 0.416 e. The van der Waals surface area contributed by atoms with Crippen LogP contribution in [0.5, 0.6) is 0 Å². The van der Waals surface area contributed by atoms with Gasteiger partial charge < -0.3 is 10.6 Å². The number of carbonyl (C=O) groups is 1. The van der Waals surface area contributed by atoms with Crippen molar-refractivity contribution in [2.24, 2.45) is 0 Å². The highest BCUT2D eigenvalue weighted by atomic mass is 19.4. The van der Waals surface area contributed by atoms with Crippen LogP contribution in [0.1, 0.15) is 41.5 Å². The first-order valence-electron chi connectivity index (χ1n) is 8.73.